The molecule has 2 N–H and O–H groups in total. The molecule has 0 fully saturated rings. The molecule has 0 aliphatic carbocycles. The molecule has 0 spiro atoms. The summed E-state index contributed by atoms with van der Waals surface area (Å²) >= 11 is 3.30. The van der Waals surface area contributed by atoms with Crippen LogP contribution in [0.3, 0.4) is 0 Å². The first-order valence-corrected chi connectivity index (χ1v) is 7.59. The predicted molar refractivity (Wildman–Crippen MR) is 81.5 cm³/mol. The van der Waals surface area contributed by atoms with E-state index in [1.807, 2.05) is 0 Å². The Labute approximate surface area is 139 Å². The molecule has 0 unspecified atom stereocenters. The van der Waals surface area contributed by atoms with Crippen LogP contribution in [0.1, 0.15) is 16.8 Å². The molecule has 3 rings (SSSR count). The van der Waals surface area contributed by atoms with Crippen LogP contribution in [0.2, 0.25) is 0 Å². The van der Waals surface area contributed by atoms with Gasteiger partial charge in [0, 0.05) is 35.2 Å². The second-order valence-electron chi connectivity index (χ2n) is 4.95. The average molecular weight is 384 g/mol. The molecule has 23 heavy (non-hydrogen) atoms. The van der Waals surface area contributed by atoms with Gasteiger partial charge in [-0.25, -0.2) is 9.07 Å². The lowest BCUT2D eigenvalue weighted by Crippen LogP contribution is -2.31. The van der Waals surface area contributed by atoms with E-state index in [0.29, 0.717) is 34.6 Å². The van der Waals surface area contributed by atoms with Gasteiger partial charge >= 0.3 is 0 Å². The highest BCUT2D eigenvalue weighted by molar-refractivity contribution is 9.10. The van der Waals surface area contributed by atoms with Gasteiger partial charge in [-0.05, 0) is 12.1 Å². The van der Waals surface area contributed by atoms with Gasteiger partial charge in [-0.1, -0.05) is 15.9 Å². The van der Waals surface area contributed by atoms with E-state index < -0.39 is 11.9 Å². The van der Waals surface area contributed by atoms with Gasteiger partial charge in [0.15, 0.2) is 23.5 Å². The number of fused-ring (bicyclic) bond motifs is 1. The number of carboxylic acid groups (broad SMARTS) is 1. The number of carbonyl (C=O) groups is 1. The van der Waals surface area contributed by atoms with Crippen molar-refractivity contribution >= 4 is 27.8 Å². The number of benzene rings is 1. The third-order valence-corrected chi connectivity index (χ3v) is 4.40. The lowest BCUT2D eigenvalue weighted by molar-refractivity contribution is -0.251. The summed E-state index contributed by atoms with van der Waals surface area (Å²) in [6.45, 7) is 1.02. The number of rotatable bonds is 4. The molecular formula is C14H13BrFN4O3-. The first kappa shape index (κ1) is 15.8. The van der Waals surface area contributed by atoms with Gasteiger partial charge in [-0.3, -0.25) is 0 Å². The van der Waals surface area contributed by atoms with Crippen molar-refractivity contribution in [2.45, 2.75) is 19.6 Å². The van der Waals surface area contributed by atoms with Gasteiger partial charge in [0.25, 0.3) is 0 Å². The van der Waals surface area contributed by atoms with Crippen molar-refractivity contribution < 1.29 is 19.0 Å². The van der Waals surface area contributed by atoms with Crippen LogP contribution in [0.4, 0.5) is 15.0 Å². The Hall–Kier alpha value is -2.13. The van der Waals surface area contributed by atoms with Crippen LogP contribution in [0.5, 0.6) is 5.75 Å². The molecule has 1 aromatic heterocycles. The maximum Gasteiger partial charge on any atom is 0.171 e. The molecule has 1 aliphatic heterocycles. The van der Waals surface area contributed by atoms with Crippen LogP contribution in [0.15, 0.2) is 16.6 Å². The highest BCUT2D eigenvalue weighted by atomic mass is 79.9. The fourth-order valence-electron chi connectivity index (χ4n) is 2.52. The highest BCUT2D eigenvalue weighted by Crippen LogP contribution is 2.29. The molecule has 0 amide bonds. The Bertz CT molecular complexity index is 778. The monoisotopic (exact) mass is 383 g/mol. The third-order valence-electron chi connectivity index (χ3n) is 3.66. The standard InChI is InChI=1S/C14H14BrFN4O3/c1-23-11-3-2-9(15)7(12(11)16)5-18-13-8-4-17-6-10(8)20(19-13)14(21)22/h2-3,17H,4-6H2,1H3,(H,18,19)(H,21,22)/p-1. The smallest absolute Gasteiger partial charge is 0.171 e. The molecule has 0 radical (unpaired) electrons. The fraction of sp³-hybridized carbons (Fsp3) is 0.286. The first-order chi connectivity index (χ1) is 11.0. The Morgan fingerprint density at radius 2 is 2.35 bits per heavy atom. The minimum Gasteiger partial charge on any atom is -0.528 e. The third kappa shape index (κ3) is 2.77. The van der Waals surface area contributed by atoms with Gasteiger partial charge in [-0.15, -0.1) is 5.10 Å². The zero-order chi connectivity index (χ0) is 16.6. The predicted octanol–water partition coefficient (Wildman–Crippen LogP) is 1.20. The minimum absolute atomic E-state index is 0.125. The quantitative estimate of drug-likeness (QED) is 0.824. The van der Waals surface area contributed by atoms with Crippen LogP contribution in [-0.2, 0) is 19.6 Å². The SMILES string of the molecule is COc1ccc(Br)c(CNc2nn(C(=O)[O-])c3c2CNC3)c1F. The topological polar surface area (TPSA) is 91.2 Å². The molecule has 2 aromatic rings. The number of aromatic nitrogens is 2. The number of halogens is 2. The largest absolute Gasteiger partial charge is 0.528 e. The van der Waals surface area contributed by atoms with Crippen LogP contribution in [-0.4, -0.2) is 23.0 Å². The van der Waals surface area contributed by atoms with Crippen molar-refractivity contribution in [3.63, 3.8) is 0 Å². The molecular weight excluding hydrogens is 371 g/mol. The van der Waals surface area contributed by atoms with E-state index in [1.54, 1.807) is 6.07 Å². The van der Waals surface area contributed by atoms with Crippen LogP contribution in [0.25, 0.3) is 0 Å². The Kier molecular flexibility index (Phi) is 4.22. The van der Waals surface area contributed by atoms with Gasteiger partial charge in [0.05, 0.1) is 12.8 Å². The Balaban J connectivity index is 1.88. The molecule has 122 valence electrons. The molecule has 2 heterocycles. The summed E-state index contributed by atoms with van der Waals surface area (Å²) in [6, 6.07) is 3.21. The van der Waals surface area contributed by atoms with Crippen molar-refractivity contribution in [3.05, 3.63) is 39.2 Å². The van der Waals surface area contributed by atoms with Gasteiger partial charge in [-0.2, -0.15) is 0 Å². The van der Waals surface area contributed by atoms with Crippen molar-refractivity contribution in [3.8, 4) is 5.75 Å². The highest BCUT2D eigenvalue weighted by Gasteiger charge is 2.23. The van der Waals surface area contributed by atoms with E-state index in [2.05, 4.69) is 31.7 Å². The molecule has 1 aliphatic rings. The first-order valence-electron chi connectivity index (χ1n) is 6.80. The summed E-state index contributed by atoms with van der Waals surface area (Å²) in [7, 11) is 1.39. The molecule has 0 bridgehead atoms. The fourth-order valence-corrected chi connectivity index (χ4v) is 2.97. The van der Waals surface area contributed by atoms with E-state index in [0.717, 1.165) is 10.2 Å². The Morgan fingerprint density at radius 1 is 1.57 bits per heavy atom. The summed E-state index contributed by atoms with van der Waals surface area (Å²) in [5, 5.41) is 21.1. The summed E-state index contributed by atoms with van der Waals surface area (Å²) < 4.78 is 20.7. The zero-order valence-corrected chi connectivity index (χ0v) is 13.7. The Morgan fingerprint density at radius 3 is 3.04 bits per heavy atom. The summed E-state index contributed by atoms with van der Waals surface area (Å²) in [4.78, 5) is 11.1. The molecule has 0 saturated heterocycles. The van der Waals surface area contributed by atoms with Crippen molar-refractivity contribution in [2.75, 3.05) is 12.4 Å². The maximum atomic E-state index is 14.3. The van der Waals surface area contributed by atoms with E-state index in [-0.39, 0.29) is 12.3 Å². The van der Waals surface area contributed by atoms with Crippen molar-refractivity contribution in [1.82, 2.24) is 15.1 Å². The molecule has 7 nitrogen and oxygen atoms in total. The van der Waals surface area contributed by atoms with E-state index >= 15 is 0 Å². The summed E-state index contributed by atoms with van der Waals surface area (Å²) in [5.41, 5.74) is 1.65. The zero-order valence-electron chi connectivity index (χ0n) is 12.2. The molecule has 0 atom stereocenters. The molecule has 9 heteroatoms. The summed E-state index contributed by atoms with van der Waals surface area (Å²) in [5.74, 6) is 0.0453. The van der Waals surface area contributed by atoms with Crippen molar-refractivity contribution in [2.24, 2.45) is 0 Å². The van der Waals surface area contributed by atoms with Gasteiger partial charge in [0.1, 0.15) is 0 Å². The number of anilines is 1. The van der Waals surface area contributed by atoms with Crippen LogP contribution in [0, 0.1) is 5.82 Å². The number of hydrogen-bond acceptors (Lipinski definition) is 6. The number of nitrogens with zero attached hydrogens (tertiary/aromatic N) is 2. The van der Waals surface area contributed by atoms with E-state index in [1.165, 1.54) is 13.2 Å². The second-order valence-corrected chi connectivity index (χ2v) is 5.81. The second kappa shape index (κ2) is 6.17. The number of ether oxygens (including phenoxy) is 1. The van der Waals surface area contributed by atoms with Crippen LogP contribution < -0.4 is 20.5 Å². The molecule has 0 saturated carbocycles. The number of methoxy groups -OCH3 is 1. The van der Waals surface area contributed by atoms with Crippen LogP contribution >= 0.6 is 15.9 Å². The van der Waals surface area contributed by atoms with E-state index in [9.17, 15) is 14.3 Å². The van der Waals surface area contributed by atoms with Gasteiger partial charge < -0.3 is 25.3 Å². The lowest BCUT2D eigenvalue weighted by Gasteiger charge is -2.11. The molecule has 1 aromatic carbocycles. The van der Waals surface area contributed by atoms with E-state index in [4.69, 9.17) is 4.74 Å². The normalized spacial score (nSPS) is 13.0. The average Bonchev–Trinajstić information content (AvgIpc) is 3.10. The number of nitrogens with one attached hydrogen (secondary N) is 2. The minimum atomic E-state index is -1.40. The lowest BCUT2D eigenvalue weighted by atomic mass is 10.2. The number of hydrogen-bond donors (Lipinski definition) is 2. The van der Waals surface area contributed by atoms with Gasteiger partial charge in [0.2, 0.25) is 0 Å². The summed E-state index contributed by atoms with van der Waals surface area (Å²) in [6.07, 6.45) is -1.40. The maximum absolute atomic E-state index is 14.3. The van der Waals surface area contributed by atoms with Crippen molar-refractivity contribution in [1.29, 1.82) is 0 Å². The number of carbonyl (C=O) groups excluding carboxylic acids is 1.